The van der Waals surface area contributed by atoms with Crippen LogP contribution in [0.4, 0.5) is 5.69 Å². The van der Waals surface area contributed by atoms with Crippen molar-refractivity contribution < 1.29 is 4.79 Å². The molecule has 0 unspecified atom stereocenters. The molecule has 10 nitrogen and oxygen atoms in total. The number of aromatic amines is 2. The molecule has 0 spiro atoms. The summed E-state index contributed by atoms with van der Waals surface area (Å²) < 4.78 is 0. The van der Waals surface area contributed by atoms with Gasteiger partial charge >= 0.3 is 5.69 Å². The van der Waals surface area contributed by atoms with Crippen molar-refractivity contribution in [3.8, 4) is 6.07 Å². The van der Waals surface area contributed by atoms with Gasteiger partial charge in [0.15, 0.2) is 0 Å². The zero-order valence-corrected chi connectivity index (χ0v) is 18.3. The van der Waals surface area contributed by atoms with Crippen LogP contribution in [0.1, 0.15) is 45.7 Å². The molecule has 0 bridgehead atoms. The number of H-pyrrole nitrogens is 2. The van der Waals surface area contributed by atoms with Crippen molar-refractivity contribution in [2.24, 2.45) is 0 Å². The molecule has 1 heterocycles. The number of anilines is 1. The SMILES string of the molecule is C[C@@H](NC(=O)c1[nH]c(=O)[nH]c(=O)c1N)c1cccc(/C(C=N)=C/NCc2ccccc2C#N)c1. The third kappa shape index (κ3) is 5.46. The van der Waals surface area contributed by atoms with Crippen molar-refractivity contribution in [1.29, 1.82) is 10.7 Å². The fourth-order valence-electron chi connectivity index (χ4n) is 3.28. The lowest BCUT2D eigenvalue weighted by molar-refractivity contribution is 0.0935. The number of nitrogen functional groups attached to an aromatic ring is 1. The number of carbonyl (C=O) groups excluding carboxylic acids is 1. The number of nitrogens with one attached hydrogen (secondary N) is 5. The first kappa shape index (κ1) is 23.7. The van der Waals surface area contributed by atoms with Crippen molar-refractivity contribution in [1.82, 2.24) is 20.6 Å². The first-order chi connectivity index (χ1) is 16.3. The summed E-state index contributed by atoms with van der Waals surface area (Å²) in [7, 11) is 0. The van der Waals surface area contributed by atoms with Crippen molar-refractivity contribution in [2.75, 3.05) is 5.73 Å². The van der Waals surface area contributed by atoms with Gasteiger partial charge < -0.3 is 26.8 Å². The Morgan fingerprint density at radius 1 is 1.21 bits per heavy atom. The largest absolute Gasteiger partial charge is 0.392 e. The predicted molar refractivity (Wildman–Crippen MR) is 129 cm³/mol. The minimum atomic E-state index is -0.839. The lowest BCUT2D eigenvalue weighted by atomic mass is 10.0. The Kier molecular flexibility index (Phi) is 7.41. The number of benzene rings is 2. The zero-order valence-electron chi connectivity index (χ0n) is 18.3. The van der Waals surface area contributed by atoms with E-state index in [1.54, 1.807) is 37.4 Å². The van der Waals surface area contributed by atoms with Gasteiger partial charge in [-0.15, -0.1) is 0 Å². The number of nitrogens with two attached hydrogens (primary N) is 1. The first-order valence-corrected chi connectivity index (χ1v) is 10.3. The lowest BCUT2D eigenvalue weighted by Gasteiger charge is -2.16. The molecular weight excluding hydrogens is 434 g/mol. The van der Waals surface area contributed by atoms with Gasteiger partial charge in [0.25, 0.3) is 11.5 Å². The van der Waals surface area contributed by atoms with Gasteiger partial charge in [0.2, 0.25) is 0 Å². The molecule has 1 amide bonds. The van der Waals surface area contributed by atoms with Crippen molar-refractivity contribution in [3.05, 3.63) is 104 Å². The maximum atomic E-state index is 12.6. The summed E-state index contributed by atoms with van der Waals surface area (Å²) in [5.74, 6) is -0.695. The molecule has 0 fully saturated rings. The molecule has 172 valence electrons. The van der Waals surface area contributed by atoms with Crippen LogP contribution < -0.4 is 27.6 Å². The molecule has 0 aliphatic rings. The average molecular weight is 457 g/mol. The van der Waals surface area contributed by atoms with E-state index in [-0.39, 0.29) is 11.4 Å². The Morgan fingerprint density at radius 2 is 1.97 bits per heavy atom. The number of rotatable bonds is 8. The molecule has 0 saturated carbocycles. The highest BCUT2D eigenvalue weighted by Crippen LogP contribution is 2.19. The van der Waals surface area contributed by atoms with Gasteiger partial charge in [-0.3, -0.25) is 14.6 Å². The molecule has 0 aliphatic heterocycles. The monoisotopic (exact) mass is 457 g/mol. The Labute approximate surface area is 194 Å². The van der Waals surface area contributed by atoms with Crippen molar-refractivity contribution in [2.45, 2.75) is 19.5 Å². The number of aromatic nitrogens is 2. The Balaban J connectivity index is 1.76. The van der Waals surface area contributed by atoms with Crippen LogP contribution in [0.5, 0.6) is 0 Å². The van der Waals surface area contributed by atoms with E-state index in [0.717, 1.165) is 16.7 Å². The normalized spacial score (nSPS) is 11.8. The predicted octanol–water partition coefficient (Wildman–Crippen LogP) is 1.79. The zero-order chi connectivity index (χ0) is 24.7. The number of allylic oxidation sites excluding steroid dienone is 1. The number of carbonyl (C=O) groups is 1. The summed E-state index contributed by atoms with van der Waals surface area (Å²) in [5.41, 5.74) is 6.75. The van der Waals surface area contributed by atoms with Gasteiger partial charge in [0.1, 0.15) is 11.4 Å². The lowest BCUT2D eigenvalue weighted by Crippen LogP contribution is -2.34. The van der Waals surface area contributed by atoms with Crippen LogP contribution in [-0.2, 0) is 6.54 Å². The van der Waals surface area contributed by atoms with Crippen LogP contribution in [0.15, 0.2) is 64.3 Å². The number of nitriles is 1. The molecule has 10 heteroatoms. The number of nitrogens with zero attached hydrogens (tertiary/aromatic N) is 1. The van der Waals surface area contributed by atoms with Gasteiger partial charge in [0, 0.05) is 24.5 Å². The number of amides is 1. The smallest absolute Gasteiger partial charge is 0.326 e. The Hall–Kier alpha value is -4.91. The fourth-order valence-corrected chi connectivity index (χ4v) is 3.28. The number of hydrogen-bond acceptors (Lipinski definition) is 7. The highest BCUT2D eigenvalue weighted by Gasteiger charge is 2.17. The van der Waals surface area contributed by atoms with Crippen molar-refractivity contribution >= 4 is 23.4 Å². The van der Waals surface area contributed by atoms with Crippen LogP contribution >= 0.6 is 0 Å². The van der Waals surface area contributed by atoms with E-state index in [9.17, 15) is 19.6 Å². The molecular formula is C24H23N7O3. The Bertz CT molecular complexity index is 1410. The Morgan fingerprint density at radius 3 is 2.71 bits per heavy atom. The minimum absolute atomic E-state index is 0.307. The van der Waals surface area contributed by atoms with E-state index in [1.807, 2.05) is 29.2 Å². The van der Waals surface area contributed by atoms with Gasteiger partial charge in [0.05, 0.1) is 17.7 Å². The molecule has 3 aromatic rings. The van der Waals surface area contributed by atoms with E-state index >= 15 is 0 Å². The van der Waals surface area contributed by atoms with E-state index in [2.05, 4.69) is 21.7 Å². The van der Waals surface area contributed by atoms with Gasteiger partial charge in [-0.2, -0.15) is 5.26 Å². The molecule has 34 heavy (non-hydrogen) atoms. The van der Waals surface area contributed by atoms with E-state index in [1.165, 1.54) is 6.21 Å². The molecule has 2 aromatic carbocycles. The van der Waals surface area contributed by atoms with Gasteiger partial charge in [-0.1, -0.05) is 36.4 Å². The summed E-state index contributed by atoms with van der Waals surface area (Å²) in [6.07, 6.45) is 2.89. The highest BCUT2D eigenvalue weighted by molar-refractivity contribution is 6.08. The maximum absolute atomic E-state index is 12.6. The standard InChI is InChI=1S/C24H23N7O3/c1-14(29-23(33)21-20(27)22(32)31-24(34)30-21)15-7-4-8-16(9-15)19(11-26)13-28-12-18-6-3-2-5-17(18)10-25/h2-9,11,13-14,26,28H,12,27H2,1H3,(H,29,33)(H2,30,31,32,34)/b19-13+,26-11?/t14-/m1/s1. The summed E-state index contributed by atoms with van der Waals surface area (Å²) in [6.45, 7) is 2.16. The van der Waals surface area contributed by atoms with E-state index in [4.69, 9.17) is 11.1 Å². The van der Waals surface area contributed by atoms with Crippen LogP contribution in [0, 0.1) is 16.7 Å². The summed E-state index contributed by atoms with van der Waals surface area (Å²) in [5, 5.41) is 22.8. The van der Waals surface area contributed by atoms with E-state index in [0.29, 0.717) is 17.7 Å². The van der Waals surface area contributed by atoms with Crippen LogP contribution in [0.3, 0.4) is 0 Å². The maximum Gasteiger partial charge on any atom is 0.326 e. The second kappa shape index (κ2) is 10.6. The summed E-state index contributed by atoms with van der Waals surface area (Å²) in [4.78, 5) is 39.9. The van der Waals surface area contributed by atoms with Gasteiger partial charge in [-0.05, 0) is 35.7 Å². The molecule has 1 atom stereocenters. The molecule has 0 aliphatic carbocycles. The van der Waals surface area contributed by atoms with Crippen LogP contribution in [0.25, 0.3) is 5.57 Å². The first-order valence-electron chi connectivity index (χ1n) is 10.3. The summed E-state index contributed by atoms with van der Waals surface area (Å²) >= 11 is 0. The van der Waals surface area contributed by atoms with E-state index < -0.39 is 23.2 Å². The van der Waals surface area contributed by atoms with Gasteiger partial charge in [-0.25, -0.2) is 4.79 Å². The molecule has 0 saturated heterocycles. The summed E-state index contributed by atoms with van der Waals surface area (Å²) in [6, 6.07) is 16.1. The third-order valence-corrected chi connectivity index (χ3v) is 5.12. The molecule has 0 radical (unpaired) electrons. The molecule has 7 N–H and O–H groups in total. The average Bonchev–Trinajstić information content (AvgIpc) is 2.84. The number of hydrogen-bond donors (Lipinski definition) is 6. The fraction of sp³-hybridized carbons (Fsp3) is 0.125. The quantitative estimate of drug-likeness (QED) is 0.280. The molecule has 1 aromatic heterocycles. The van der Waals surface area contributed by atoms with Crippen molar-refractivity contribution in [3.63, 3.8) is 0 Å². The second-order valence-corrected chi connectivity index (χ2v) is 7.41. The molecule has 3 rings (SSSR count). The highest BCUT2D eigenvalue weighted by atomic mass is 16.2. The van der Waals surface area contributed by atoms with Crippen LogP contribution in [0.2, 0.25) is 0 Å². The minimum Gasteiger partial charge on any atom is -0.392 e. The third-order valence-electron chi connectivity index (χ3n) is 5.12. The topological polar surface area (TPSA) is 181 Å². The second-order valence-electron chi connectivity index (χ2n) is 7.41. The van der Waals surface area contributed by atoms with Crippen LogP contribution in [-0.4, -0.2) is 22.1 Å².